The topological polar surface area (TPSA) is 96.2 Å². The minimum Gasteiger partial charge on any atom is -0.481 e. The maximum atomic E-state index is 14.5. The number of rotatable bonds is 4. The third-order valence-corrected chi connectivity index (χ3v) is 4.85. The van der Waals surface area contributed by atoms with Gasteiger partial charge in [-0.2, -0.15) is 5.10 Å². The van der Waals surface area contributed by atoms with Gasteiger partial charge in [0.2, 0.25) is 0 Å². The lowest BCUT2D eigenvalue weighted by Gasteiger charge is -2.26. The molecule has 1 saturated carbocycles. The number of halogens is 1. The average molecular weight is 374 g/mol. The summed E-state index contributed by atoms with van der Waals surface area (Å²) in [6.45, 7) is 3.68. The van der Waals surface area contributed by atoms with E-state index in [1.807, 2.05) is 19.9 Å². The highest BCUT2D eigenvalue weighted by molar-refractivity contribution is 5.89. The molecule has 1 heterocycles. The molecule has 1 aliphatic carbocycles. The lowest BCUT2D eigenvalue weighted by atomic mass is 9.86. The summed E-state index contributed by atoms with van der Waals surface area (Å²) in [6, 6.07) is 5.81. The highest BCUT2D eigenvalue weighted by atomic mass is 19.1. The fraction of sp³-hybridized carbons (Fsp3) is 0.421. The lowest BCUT2D eigenvalue weighted by Crippen LogP contribution is -2.41. The highest BCUT2D eigenvalue weighted by Gasteiger charge is 2.26. The Balaban J connectivity index is 1.59. The molecule has 0 unspecified atom stereocenters. The third kappa shape index (κ3) is 4.45. The van der Waals surface area contributed by atoms with Crippen molar-refractivity contribution in [2.24, 2.45) is 5.92 Å². The fourth-order valence-corrected chi connectivity index (χ4v) is 3.47. The fourth-order valence-electron chi connectivity index (χ4n) is 3.47. The van der Waals surface area contributed by atoms with Crippen LogP contribution in [0, 0.1) is 25.6 Å². The molecule has 2 aromatic rings. The van der Waals surface area contributed by atoms with E-state index in [9.17, 15) is 14.0 Å². The van der Waals surface area contributed by atoms with Crippen molar-refractivity contribution in [3.8, 4) is 5.69 Å². The van der Waals surface area contributed by atoms with Crippen LogP contribution in [0.4, 0.5) is 14.9 Å². The number of hydrogen-bond acceptors (Lipinski definition) is 3. The quantitative estimate of drug-likeness (QED) is 0.764. The first-order valence-corrected chi connectivity index (χ1v) is 8.97. The van der Waals surface area contributed by atoms with Crippen LogP contribution < -0.4 is 10.6 Å². The Bertz CT molecular complexity index is 857. The van der Waals surface area contributed by atoms with Gasteiger partial charge in [0.15, 0.2) is 5.82 Å². The van der Waals surface area contributed by atoms with Crippen molar-refractivity contribution in [2.75, 3.05) is 5.32 Å². The van der Waals surface area contributed by atoms with Crippen LogP contribution in [0.3, 0.4) is 0 Å². The van der Waals surface area contributed by atoms with E-state index in [1.165, 1.54) is 10.7 Å². The van der Waals surface area contributed by atoms with Crippen LogP contribution in [0.5, 0.6) is 0 Å². The third-order valence-electron chi connectivity index (χ3n) is 4.85. The normalized spacial score (nSPS) is 19.5. The molecule has 7 nitrogen and oxygen atoms in total. The van der Waals surface area contributed by atoms with Crippen molar-refractivity contribution in [1.29, 1.82) is 0 Å². The molecule has 3 rings (SSSR count). The Hall–Kier alpha value is -2.90. The maximum Gasteiger partial charge on any atom is 0.319 e. The second-order valence-corrected chi connectivity index (χ2v) is 6.99. The van der Waals surface area contributed by atoms with E-state index >= 15 is 0 Å². The molecule has 27 heavy (non-hydrogen) atoms. The van der Waals surface area contributed by atoms with E-state index in [1.54, 1.807) is 12.1 Å². The molecule has 1 fully saturated rings. The zero-order chi connectivity index (χ0) is 19.6. The second-order valence-electron chi connectivity index (χ2n) is 6.99. The summed E-state index contributed by atoms with van der Waals surface area (Å²) in [4.78, 5) is 23.1. The monoisotopic (exact) mass is 374 g/mol. The first-order valence-electron chi connectivity index (χ1n) is 8.97. The zero-order valence-electron chi connectivity index (χ0n) is 15.3. The molecule has 0 atom stereocenters. The Kier molecular flexibility index (Phi) is 5.43. The standard InChI is InChI=1S/C19H23FN4O3/c1-11-9-12(2)24(23-11)17-8-7-15(10-16(17)20)22-19(27)21-14-5-3-13(4-6-14)18(25)26/h7-10,13-14H,3-6H2,1-2H3,(H,25,26)(H2,21,22,27). The number of aromatic nitrogens is 2. The average Bonchev–Trinajstić information content (AvgIpc) is 2.93. The Labute approximate surface area is 156 Å². The number of carboxylic acid groups (broad SMARTS) is 1. The van der Waals surface area contributed by atoms with E-state index in [2.05, 4.69) is 15.7 Å². The summed E-state index contributed by atoms with van der Waals surface area (Å²) in [5, 5.41) is 18.7. The van der Waals surface area contributed by atoms with Crippen LogP contribution in [-0.2, 0) is 4.79 Å². The number of aliphatic carboxylic acids is 1. The lowest BCUT2D eigenvalue weighted by molar-refractivity contribution is -0.142. The molecular formula is C19H23FN4O3. The summed E-state index contributed by atoms with van der Waals surface area (Å²) in [7, 11) is 0. The van der Waals surface area contributed by atoms with Gasteiger partial charge in [0, 0.05) is 17.4 Å². The van der Waals surface area contributed by atoms with Crippen molar-refractivity contribution in [3.63, 3.8) is 0 Å². The molecule has 1 aromatic carbocycles. The highest BCUT2D eigenvalue weighted by Crippen LogP contribution is 2.25. The van der Waals surface area contributed by atoms with Crippen LogP contribution in [0.2, 0.25) is 0 Å². The summed E-state index contributed by atoms with van der Waals surface area (Å²) in [5.41, 5.74) is 2.28. The number of carbonyl (C=O) groups excluding carboxylic acids is 1. The molecule has 8 heteroatoms. The molecule has 2 amide bonds. The number of aryl methyl sites for hydroxylation is 2. The number of carboxylic acids is 1. The number of carbonyl (C=O) groups is 2. The van der Waals surface area contributed by atoms with E-state index in [0.717, 1.165) is 11.4 Å². The van der Waals surface area contributed by atoms with Crippen LogP contribution in [0.1, 0.15) is 37.1 Å². The molecular weight excluding hydrogens is 351 g/mol. The molecule has 3 N–H and O–H groups in total. The van der Waals surface area contributed by atoms with Crippen LogP contribution in [0.15, 0.2) is 24.3 Å². The van der Waals surface area contributed by atoms with Gasteiger partial charge >= 0.3 is 12.0 Å². The molecule has 0 radical (unpaired) electrons. The van der Waals surface area contributed by atoms with E-state index in [4.69, 9.17) is 5.11 Å². The Morgan fingerprint density at radius 2 is 1.89 bits per heavy atom. The molecule has 0 spiro atoms. The number of urea groups is 1. The summed E-state index contributed by atoms with van der Waals surface area (Å²) in [6.07, 6.45) is 2.34. The van der Waals surface area contributed by atoms with E-state index in [0.29, 0.717) is 37.1 Å². The maximum absolute atomic E-state index is 14.5. The molecule has 0 aliphatic heterocycles. The van der Waals surface area contributed by atoms with Gasteiger partial charge in [0.05, 0.1) is 11.6 Å². The number of amides is 2. The van der Waals surface area contributed by atoms with Gasteiger partial charge in [-0.15, -0.1) is 0 Å². The van der Waals surface area contributed by atoms with Crippen molar-refractivity contribution in [3.05, 3.63) is 41.5 Å². The number of benzene rings is 1. The SMILES string of the molecule is Cc1cc(C)n(-c2ccc(NC(=O)NC3CCC(C(=O)O)CC3)cc2F)n1. The second kappa shape index (κ2) is 7.77. The van der Waals surface area contributed by atoms with Crippen LogP contribution >= 0.6 is 0 Å². The van der Waals surface area contributed by atoms with E-state index in [-0.39, 0.29) is 12.0 Å². The van der Waals surface area contributed by atoms with Gasteiger partial charge in [-0.25, -0.2) is 13.9 Å². The first kappa shape index (κ1) is 18.9. The largest absolute Gasteiger partial charge is 0.481 e. The van der Waals surface area contributed by atoms with Gasteiger partial charge in [-0.1, -0.05) is 0 Å². The summed E-state index contributed by atoms with van der Waals surface area (Å²) < 4.78 is 16.0. The molecule has 1 aromatic heterocycles. The van der Waals surface area contributed by atoms with Crippen molar-refractivity contribution in [1.82, 2.24) is 15.1 Å². The number of nitrogens with zero attached hydrogens (tertiary/aromatic N) is 2. The first-order chi connectivity index (χ1) is 12.8. The predicted molar refractivity (Wildman–Crippen MR) is 98.5 cm³/mol. The zero-order valence-corrected chi connectivity index (χ0v) is 15.3. The molecule has 0 saturated heterocycles. The minimum absolute atomic E-state index is 0.0700. The van der Waals surface area contributed by atoms with Gasteiger partial charge in [0.1, 0.15) is 5.69 Å². The van der Waals surface area contributed by atoms with Gasteiger partial charge in [-0.05, 0) is 63.8 Å². The van der Waals surface area contributed by atoms with Gasteiger partial charge in [-0.3, -0.25) is 4.79 Å². The molecule has 1 aliphatic rings. The summed E-state index contributed by atoms with van der Waals surface area (Å²) in [5.74, 6) is -1.60. The Morgan fingerprint density at radius 3 is 2.44 bits per heavy atom. The van der Waals surface area contributed by atoms with Crippen molar-refractivity contribution >= 4 is 17.7 Å². The van der Waals surface area contributed by atoms with Gasteiger partial charge in [0.25, 0.3) is 0 Å². The van der Waals surface area contributed by atoms with Crippen LogP contribution in [-0.4, -0.2) is 32.9 Å². The van der Waals surface area contributed by atoms with Crippen molar-refractivity contribution in [2.45, 2.75) is 45.6 Å². The number of nitrogens with one attached hydrogen (secondary N) is 2. The summed E-state index contributed by atoms with van der Waals surface area (Å²) >= 11 is 0. The van der Waals surface area contributed by atoms with Crippen LogP contribution in [0.25, 0.3) is 5.69 Å². The smallest absolute Gasteiger partial charge is 0.319 e. The predicted octanol–water partition coefficient (Wildman–Crippen LogP) is 3.39. The molecule has 0 bridgehead atoms. The minimum atomic E-state index is -0.781. The Morgan fingerprint density at radius 1 is 1.19 bits per heavy atom. The van der Waals surface area contributed by atoms with Gasteiger partial charge < -0.3 is 15.7 Å². The number of hydrogen-bond donors (Lipinski definition) is 3. The van der Waals surface area contributed by atoms with E-state index < -0.39 is 17.8 Å². The molecule has 144 valence electrons. The number of anilines is 1. The van der Waals surface area contributed by atoms with Crippen molar-refractivity contribution < 1.29 is 19.1 Å².